The second-order valence-electron chi connectivity index (χ2n) is 5.16. The van der Waals surface area contributed by atoms with Crippen LogP contribution in [0.2, 0.25) is 0 Å². The van der Waals surface area contributed by atoms with Gasteiger partial charge in [0.05, 0.1) is 12.5 Å². The normalized spacial score (nSPS) is 20.7. The van der Waals surface area contributed by atoms with Crippen LogP contribution in [0.25, 0.3) is 0 Å². The molecule has 5 heteroatoms. The van der Waals surface area contributed by atoms with Crippen LogP contribution >= 0.6 is 0 Å². The standard InChI is InChI=1S/C15H19NO4/c17-15(8-12-3-1-2-6-18-12)16-9-11-4-5-13-14(7-11)20-10-19-13/h4-5,7,12H,1-3,6,8-10H2,(H,16,17). The number of benzene rings is 1. The average Bonchev–Trinajstić information content (AvgIpc) is 2.93. The van der Waals surface area contributed by atoms with Crippen molar-refractivity contribution in [1.29, 1.82) is 0 Å². The molecule has 2 heterocycles. The number of carbonyl (C=O) groups is 1. The van der Waals surface area contributed by atoms with Gasteiger partial charge in [-0.05, 0) is 37.0 Å². The Bertz CT molecular complexity index is 483. The van der Waals surface area contributed by atoms with Crippen LogP contribution in [-0.2, 0) is 16.1 Å². The number of hydrogen-bond donors (Lipinski definition) is 1. The molecular weight excluding hydrogens is 258 g/mol. The van der Waals surface area contributed by atoms with Crippen molar-refractivity contribution >= 4 is 5.91 Å². The fourth-order valence-electron chi connectivity index (χ4n) is 2.50. The van der Waals surface area contributed by atoms with Crippen LogP contribution < -0.4 is 14.8 Å². The molecule has 0 spiro atoms. The van der Waals surface area contributed by atoms with E-state index in [1.807, 2.05) is 18.2 Å². The molecule has 1 N–H and O–H groups in total. The molecule has 20 heavy (non-hydrogen) atoms. The van der Waals surface area contributed by atoms with E-state index in [-0.39, 0.29) is 18.8 Å². The average molecular weight is 277 g/mol. The highest BCUT2D eigenvalue weighted by atomic mass is 16.7. The van der Waals surface area contributed by atoms with Crippen molar-refractivity contribution < 1.29 is 19.0 Å². The van der Waals surface area contributed by atoms with Gasteiger partial charge in [0, 0.05) is 13.2 Å². The Balaban J connectivity index is 1.47. The zero-order chi connectivity index (χ0) is 13.8. The second kappa shape index (κ2) is 6.13. The lowest BCUT2D eigenvalue weighted by molar-refractivity contribution is -0.125. The van der Waals surface area contributed by atoms with Crippen molar-refractivity contribution in [2.75, 3.05) is 13.4 Å². The van der Waals surface area contributed by atoms with E-state index in [1.165, 1.54) is 0 Å². The minimum atomic E-state index is 0.0366. The Hall–Kier alpha value is -1.75. The van der Waals surface area contributed by atoms with Crippen molar-refractivity contribution in [2.24, 2.45) is 0 Å². The monoisotopic (exact) mass is 277 g/mol. The highest BCUT2D eigenvalue weighted by Crippen LogP contribution is 2.32. The van der Waals surface area contributed by atoms with Gasteiger partial charge in [0.1, 0.15) is 0 Å². The number of carbonyl (C=O) groups excluding carboxylic acids is 1. The molecule has 1 fully saturated rings. The number of rotatable bonds is 4. The maximum Gasteiger partial charge on any atom is 0.231 e. The molecule has 0 saturated carbocycles. The van der Waals surface area contributed by atoms with Crippen molar-refractivity contribution in [3.05, 3.63) is 23.8 Å². The van der Waals surface area contributed by atoms with Gasteiger partial charge in [0.15, 0.2) is 11.5 Å². The summed E-state index contributed by atoms with van der Waals surface area (Å²) in [4.78, 5) is 11.9. The SMILES string of the molecule is O=C(CC1CCCCO1)NCc1ccc2c(c1)OCO2. The molecule has 1 saturated heterocycles. The van der Waals surface area contributed by atoms with Gasteiger partial charge in [-0.15, -0.1) is 0 Å². The molecule has 0 aromatic heterocycles. The number of fused-ring (bicyclic) bond motifs is 1. The van der Waals surface area contributed by atoms with E-state index >= 15 is 0 Å². The van der Waals surface area contributed by atoms with Crippen LogP contribution in [0.1, 0.15) is 31.2 Å². The smallest absolute Gasteiger partial charge is 0.231 e. The summed E-state index contributed by atoms with van der Waals surface area (Å²) >= 11 is 0. The first-order chi connectivity index (χ1) is 9.81. The first-order valence-electron chi connectivity index (χ1n) is 7.08. The van der Waals surface area contributed by atoms with Crippen molar-refractivity contribution in [1.82, 2.24) is 5.32 Å². The van der Waals surface area contributed by atoms with E-state index in [1.54, 1.807) is 0 Å². The predicted octanol–water partition coefficient (Wildman–Crippen LogP) is 1.99. The predicted molar refractivity (Wildman–Crippen MR) is 72.6 cm³/mol. The molecule has 0 aliphatic carbocycles. The lowest BCUT2D eigenvalue weighted by atomic mass is 10.1. The van der Waals surface area contributed by atoms with Crippen LogP contribution in [0.15, 0.2) is 18.2 Å². The topological polar surface area (TPSA) is 56.8 Å². The first-order valence-corrected chi connectivity index (χ1v) is 7.08. The van der Waals surface area contributed by atoms with Gasteiger partial charge in [-0.3, -0.25) is 4.79 Å². The molecule has 5 nitrogen and oxygen atoms in total. The molecule has 1 unspecified atom stereocenters. The highest BCUT2D eigenvalue weighted by molar-refractivity contribution is 5.76. The van der Waals surface area contributed by atoms with E-state index in [2.05, 4.69) is 5.32 Å². The van der Waals surface area contributed by atoms with Gasteiger partial charge in [-0.1, -0.05) is 6.07 Å². The van der Waals surface area contributed by atoms with Gasteiger partial charge in [-0.2, -0.15) is 0 Å². The second-order valence-corrected chi connectivity index (χ2v) is 5.16. The summed E-state index contributed by atoms with van der Waals surface area (Å²) in [7, 11) is 0. The van der Waals surface area contributed by atoms with Gasteiger partial charge < -0.3 is 19.5 Å². The number of hydrogen-bond acceptors (Lipinski definition) is 4. The fourth-order valence-corrected chi connectivity index (χ4v) is 2.50. The Kier molecular flexibility index (Phi) is 4.06. The molecule has 0 radical (unpaired) electrons. The number of nitrogens with one attached hydrogen (secondary N) is 1. The molecule has 2 aliphatic heterocycles. The van der Waals surface area contributed by atoms with Crippen molar-refractivity contribution in [3.8, 4) is 11.5 Å². The zero-order valence-corrected chi connectivity index (χ0v) is 11.4. The van der Waals surface area contributed by atoms with E-state index in [0.29, 0.717) is 13.0 Å². The Labute approximate surface area is 118 Å². The lowest BCUT2D eigenvalue weighted by Gasteiger charge is -2.21. The van der Waals surface area contributed by atoms with Crippen LogP contribution in [0, 0.1) is 0 Å². The molecule has 1 aromatic carbocycles. The number of ether oxygens (including phenoxy) is 3. The van der Waals surface area contributed by atoms with Gasteiger partial charge in [0.25, 0.3) is 0 Å². The number of amides is 1. The molecule has 1 amide bonds. The van der Waals surface area contributed by atoms with Crippen LogP contribution in [0.4, 0.5) is 0 Å². The Morgan fingerprint density at radius 3 is 3.00 bits per heavy atom. The third-order valence-electron chi connectivity index (χ3n) is 3.61. The highest BCUT2D eigenvalue weighted by Gasteiger charge is 2.18. The van der Waals surface area contributed by atoms with E-state index in [4.69, 9.17) is 14.2 Å². The van der Waals surface area contributed by atoms with Gasteiger partial charge in [0.2, 0.25) is 12.7 Å². The molecule has 3 rings (SSSR count). The molecule has 0 bridgehead atoms. The quantitative estimate of drug-likeness (QED) is 0.914. The maximum absolute atomic E-state index is 11.9. The largest absolute Gasteiger partial charge is 0.454 e. The van der Waals surface area contributed by atoms with Gasteiger partial charge >= 0.3 is 0 Å². The van der Waals surface area contributed by atoms with E-state index < -0.39 is 0 Å². The third kappa shape index (κ3) is 3.22. The summed E-state index contributed by atoms with van der Waals surface area (Å²) in [5.74, 6) is 1.54. The van der Waals surface area contributed by atoms with Crippen molar-refractivity contribution in [2.45, 2.75) is 38.3 Å². The first kappa shape index (κ1) is 13.2. The zero-order valence-electron chi connectivity index (χ0n) is 11.4. The van der Waals surface area contributed by atoms with Crippen LogP contribution in [0.5, 0.6) is 11.5 Å². The fraction of sp³-hybridized carbons (Fsp3) is 0.533. The van der Waals surface area contributed by atoms with E-state index in [0.717, 1.165) is 42.9 Å². The van der Waals surface area contributed by atoms with E-state index in [9.17, 15) is 4.79 Å². The van der Waals surface area contributed by atoms with Crippen LogP contribution in [0.3, 0.4) is 0 Å². The summed E-state index contributed by atoms with van der Waals surface area (Å²) in [6.45, 7) is 1.55. The maximum atomic E-state index is 11.9. The summed E-state index contributed by atoms with van der Waals surface area (Å²) in [6.07, 6.45) is 3.78. The molecule has 108 valence electrons. The Morgan fingerprint density at radius 2 is 2.15 bits per heavy atom. The third-order valence-corrected chi connectivity index (χ3v) is 3.61. The Morgan fingerprint density at radius 1 is 1.25 bits per heavy atom. The van der Waals surface area contributed by atoms with Crippen LogP contribution in [-0.4, -0.2) is 25.4 Å². The molecular formula is C15H19NO4. The summed E-state index contributed by atoms with van der Waals surface area (Å²) in [5.41, 5.74) is 1.01. The molecule has 1 aromatic rings. The molecule has 1 atom stereocenters. The summed E-state index contributed by atoms with van der Waals surface area (Å²) < 4.78 is 16.1. The minimum Gasteiger partial charge on any atom is -0.454 e. The van der Waals surface area contributed by atoms with Gasteiger partial charge in [-0.25, -0.2) is 0 Å². The minimum absolute atomic E-state index is 0.0366. The molecule has 2 aliphatic rings. The lowest BCUT2D eigenvalue weighted by Crippen LogP contribution is -2.30. The van der Waals surface area contributed by atoms with Crippen molar-refractivity contribution in [3.63, 3.8) is 0 Å². The summed E-state index contributed by atoms with van der Waals surface area (Å²) in [5, 5.41) is 2.92. The summed E-state index contributed by atoms with van der Waals surface area (Å²) in [6, 6.07) is 5.71.